The summed E-state index contributed by atoms with van der Waals surface area (Å²) in [5, 5.41) is 0.659. The van der Waals surface area contributed by atoms with Gasteiger partial charge in [-0.05, 0) is 30.2 Å². The van der Waals surface area contributed by atoms with E-state index >= 15 is 0 Å². The second kappa shape index (κ2) is 5.05. The molecule has 2 N–H and O–H groups in total. The number of pyridine rings is 2. The maximum absolute atomic E-state index is 6.05. The summed E-state index contributed by atoms with van der Waals surface area (Å²) in [6.07, 6.45) is 5.93. The lowest BCUT2D eigenvalue weighted by Gasteiger charge is -2.10. The Morgan fingerprint density at radius 3 is 2.88 bits per heavy atom. The molecule has 0 aliphatic heterocycles. The average molecular weight is 234 g/mol. The summed E-state index contributed by atoms with van der Waals surface area (Å²) in [5.74, 6) is 0. The van der Waals surface area contributed by atoms with Crippen LogP contribution >= 0.6 is 11.6 Å². The van der Waals surface area contributed by atoms with E-state index < -0.39 is 0 Å². The van der Waals surface area contributed by atoms with Gasteiger partial charge in [0.25, 0.3) is 0 Å². The number of halogens is 1. The summed E-state index contributed by atoms with van der Waals surface area (Å²) in [5.41, 5.74) is 7.94. The van der Waals surface area contributed by atoms with Crippen molar-refractivity contribution in [1.29, 1.82) is 0 Å². The molecule has 4 heteroatoms. The number of rotatable bonds is 3. The van der Waals surface area contributed by atoms with Gasteiger partial charge in [0.05, 0.1) is 11.7 Å². The van der Waals surface area contributed by atoms with Gasteiger partial charge < -0.3 is 5.73 Å². The fourth-order valence-electron chi connectivity index (χ4n) is 1.50. The third-order valence-corrected chi connectivity index (χ3v) is 2.54. The van der Waals surface area contributed by atoms with Crippen molar-refractivity contribution in [2.45, 2.75) is 12.5 Å². The molecule has 2 aromatic heterocycles. The van der Waals surface area contributed by atoms with E-state index in [9.17, 15) is 0 Å². The molecular formula is C12H12ClN3. The first-order valence-electron chi connectivity index (χ1n) is 5.01. The molecule has 0 aliphatic rings. The zero-order valence-electron chi connectivity index (χ0n) is 8.68. The van der Waals surface area contributed by atoms with Crippen molar-refractivity contribution in [3.63, 3.8) is 0 Å². The van der Waals surface area contributed by atoms with Crippen molar-refractivity contribution in [2.24, 2.45) is 5.73 Å². The Hall–Kier alpha value is -1.45. The molecule has 0 amide bonds. The van der Waals surface area contributed by atoms with Gasteiger partial charge in [-0.15, -0.1) is 0 Å². The van der Waals surface area contributed by atoms with Gasteiger partial charge in [-0.25, -0.2) is 0 Å². The van der Waals surface area contributed by atoms with E-state index in [0.717, 1.165) is 11.3 Å². The SMILES string of the molecule is NC(Cc1cccnc1)c1cc(Cl)ccn1. The van der Waals surface area contributed by atoms with Crippen LogP contribution in [0.25, 0.3) is 0 Å². The number of hydrogen-bond acceptors (Lipinski definition) is 3. The smallest absolute Gasteiger partial charge is 0.0589 e. The van der Waals surface area contributed by atoms with E-state index in [1.54, 1.807) is 24.5 Å². The highest BCUT2D eigenvalue weighted by Crippen LogP contribution is 2.16. The monoisotopic (exact) mass is 233 g/mol. The van der Waals surface area contributed by atoms with Crippen LogP contribution in [-0.4, -0.2) is 9.97 Å². The number of nitrogens with two attached hydrogens (primary N) is 1. The second-order valence-corrected chi connectivity index (χ2v) is 4.01. The lowest BCUT2D eigenvalue weighted by molar-refractivity contribution is 0.694. The van der Waals surface area contributed by atoms with Gasteiger partial charge in [0.1, 0.15) is 0 Å². The summed E-state index contributed by atoms with van der Waals surface area (Å²) in [6, 6.07) is 7.28. The van der Waals surface area contributed by atoms with E-state index in [0.29, 0.717) is 11.4 Å². The molecule has 1 atom stereocenters. The molecule has 0 saturated heterocycles. The van der Waals surface area contributed by atoms with Gasteiger partial charge in [0, 0.05) is 23.6 Å². The van der Waals surface area contributed by atoms with E-state index in [1.165, 1.54) is 0 Å². The van der Waals surface area contributed by atoms with Gasteiger partial charge >= 0.3 is 0 Å². The maximum atomic E-state index is 6.05. The quantitative estimate of drug-likeness (QED) is 0.886. The zero-order valence-corrected chi connectivity index (χ0v) is 9.43. The van der Waals surface area contributed by atoms with Crippen molar-refractivity contribution >= 4 is 11.6 Å². The second-order valence-electron chi connectivity index (χ2n) is 3.57. The van der Waals surface area contributed by atoms with E-state index in [2.05, 4.69) is 9.97 Å². The highest BCUT2D eigenvalue weighted by molar-refractivity contribution is 6.30. The van der Waals surface area contributed by atoms with Crippen LogP contribution < -0.4 is 5.73 Å². The molecule has 0 bridgehead atoms. The highest BCUT2D eigenvalue weighted by atomic mass is 35.5. The fourth-order valence-corrected chi connectivity index (χ4v) is 1.67. The summed E-state index contributed by atoms with van der Waals surface area (Å²) < 4.78 is 0. The van der Waals surface area contributed by atoms with Crippen molar-refractivity contribution in [3.8, 4) is 0 Å². The Labute approximate surface area is 99.3 Å². The van der Waals surface area contributed by atoms with Crippen molar-refractivity contribution in [2.75, 3.05) is 0 Å². The molecule has 1 unspecified atom stereocenters. The number of nitrogens with zero attached hydrogens (tertiary/aromatic N) is 2. The molecule has 16 heavy (non-hydrogen) atoms. The molecule has 0 saturated carbocycles. The van der Waals surface area contributed by atoms with Crippen molar-refractivity contribution in [3.05, 3.63) is 59.1 Å². The first-order valence-corrected chi connectivity index (χ1v) is 5.39. The Morgan fingerprint density at radius 1 is 1.31 bits per heavy atom. The Bertz CT molecular complexity index is 459. The van der Waals surface area contributed by atoms with Crippen LogP contribution in [0.3, 0.4) is 0 Å². The van der Waals surface area contributed by atoms with Crippen LogP contribution in [0, 0.1) is 0 Å². The Morgan fingerprint density at radius 2 is 2.19 bits per heavy atom. The lowest BCUT2D eigenvalue weighted by atomic mass is 10.1. The molecule has 0 aliphatic carbocycles. The predicted octanol–water partition coefficient (Wildman–Crippen LogP) is 2.37. The maximum Gasteiger partial charge on any atom is 0.0589 e. The van der Waals surface area contributed by atoms with Crippen LogP contribution in [0.5, 0.6) is 0 Å². The zero-order chi connectivity index (χ0) is 11.4. The minimum atomic E-state index is -0.150. The molecule has 0 radical (unpaired) electrons. The van der Waals surface area contributed by atoms with Crippen LogP contribution in [0.2, 0.25) is 5.02 Å². The molecule has 0 fully saturated rings. The van der Waals surface area contributed by atoms with E-state index in [4.69, 9.17) is 17.3 Å². The molecule has 2 heterocycles. The molecule has 82 valence electrons. The van der Waals surface area contributed by atoms with Crippen LogP contribution in [0.4, 0.5) is 0 Å². The molecule has 0 aromatic carbocycles. The summed E-state index contributed by atoms with van der Waals surface area (Å²) >= 11 is 5.88. The Balaban J connectivity index is 2.12. The summed E-state index contributed by atoms with van der Waals surface area (Å²) in [4.78, 5) is 8.25. The van der Waals surface area contributed by atoms with E-state index in [1.807, 2.05) is 18.3 Å². The molecule has 3 nitrogen and oxygen atoms in total. The van der Waals surface area contributed by atoms with Crippen LogP contribution in [0.15, 0.2) is 42.9 Å². The third kappa shape index (κ3) is 2.78. The summed E-state index contributed by atoms with van der Waals surface area (Å²) in [7, 11) is 0. The summed E-state index contributed by atoms with van der Waals surface area (Å²) in [6.45, 7) is 0. The standard InChI is InChI=1S/C12H12ClN3/c13-10-3-5-16-12(7-10)11(14)6-9-2-1-4-15-8-9/h1-5,7-8,11H,6,14H2. The normalized spacial score (nSPS) is 12.4. The van der Waals surface area contributed by atoms with E-state index in [-0.39, 0.29) is 6.04 Å². The predicted molar refractivity (Wildman–Crippen MR) is 64.1 cm³/mol. The molecular weight excluding hydrogens is 222 g/mol. The Kier molecular flexibility index (Phi) is 3.49. The first-order chi connectivity index (χ1) is 7.75. The van der Waals surface area contributed by atoms with Gasteiger partial charge in [0.15, 0.2) is 0 Å². The van der Waals surface area contributed by atoms with Crippen molar-refractivity contribution in [1.82, 2.24) is 9.97 Å². The molecule has 2 aromatic rings. The van der Waals surface area contributed by atoms with Gasteiger partial charge in [-0.1, -0.05) is 17.7 Å². The molecule has 2 rings (SSSR count). The number of hydrogen-bond donors (Lipinski definition) is 1. The highest BCUT2D eigenvalue weighted by Gasteiger charge is 2.08. The van der Waals surface area contributed by atoms with Crippen LogP contribution in [0.1, 0.15) is 17.3 Å². The van der Waals surface area contributed by atoms with Gasteiger partial charge in [-0.2, -0.15) is 0 Å². The van der Waals surface area contributed by atoms with Gasteiger partial charge in [-0.3, -0.25) is 9.97 Å². The third-order valence-electron chi connectivity index (χ3n) is 2.30. The minimum absolute atomic E-state index is 0.150. The first kappa shape index (κ1) is 11.0. The van der Waals surface area contributed by atoms with Crippen molar-refractivity contribution < 1.29 is 0 Å². The number of aromatic nitrogens is 2. The molecule has 0 spiro atoms. The lowest BCUT2D eigenvalue weighted by Crippen LogP contribution is -2.14. The van der Waals surface area contributed by atoms with Gasteiger partial charge in [0.2, 0.25) is 0 Å². The topological polar surface area (TPSA) is 51.8 Å². The largest absolute Gasteiger partial charge is 0.322 e. The van der Waals surface area contributed by atoms with Crippen LogP contribution in [-0.2, 0) is 6.42 Å². The fraction of sp³-hybridized carbons (Fsp3) is 0.167. The minimum Gasteiger partial charge on any atom is -0.322 e. The average Bonchev–Trinajstić information content (AvgIpc) is 2.30.